The van der Waals surface area contributed by atoms with Crippen LogP contribution in [0.3, 0.4) is 0 Å². The topological polar surface area (TPSA) is 59.0 Å². The quantitative estimate of drug-likeness (QED) is 0.797. The Bertz CT molecular complexity index is 635. The van der Waals surface area contributed by atoms with Gasteiger partial charge in [0.1, 0.15) is 11.8 Å². The number of hydrogen-bond acceptors (Lipinski definition) is 3. The number of hydrogen-bond donors (Lipinski definition) is 1. The number of halogens is 2. The van der Waals surface area contributed by atoms with Gasteiger partial charge in [0, 0.05) is 4.47 Å². The summed E-state index contributed by atoms with van der Waals surface area (Å²) in [6.45, 7) is 0. The van der Waals surface area contributed by atoms with Crippen molar-refractivity contribution in [2.24, 2.45) is 0 Å². The zero-order valence-electron chi connectivity index (χ0n) is 9.15. The van der Waals surface area contributed by atoms with Crippen molar-refractivity contribution < 1.29 is 4.74 Å². The zero-order valence-corrected chi connectivity index (χ0v) is 12.3. The molecule has 0 aromatic heterocycles. The van der Waals surface area contributed by atoms with Gasteiger partial charge < -0.3 is 10.5 Å². The number of para-hydroxylation sites is 1. The van der Waals surface area contributed by atoms with Gasteiger partial charge in [0.25, 0.3) is 0 Å². The molecule has 2 aromatic rings. The Morgan fingerprint density at radius 2 is 1.89 bits per heavy atom. The first-order valence-corrected chi connectivity index (χ1v) is 6.62. The summed E-state index contributed by atoms with van der Waals surface area (Å²) >= 11 is 6.77. The average molecular weight is 368 g/mol. The van der Waals surface area contributed by atoms with Crippen LogP contribution in [0.15, 0.2) is 45.3 Å². The minimum absolute atomic E-state index is 0.342. The van der Waals surface area contributed by atoms with Crippen LogP contribution in [0.25, 0.3) is 0 Å². The van der Waals surface area contributed by atoms with Crippen molar-refractivity contribution >= 4 is 37.5 Å². The molecule has 0 aliphatic carbocycles. The van der Waals surface area contributed by atoms with E-state index in [-0.39, 0.29) is 0 Å². The van der Waals surface area contributed by atoms with E-state index in [1.165, 1.54) is 0 Å². The van der Waals surface area contributed by atoms with Crippen LogP contribution in [0, 0.1) is 11.3 Å². The van der Waals surface area contributed by atoms with Crippen LogP contribution >= 0.6 is 31.9 Å². The highest BCUT2D eigenvalue weighted by Gasteiger charge is 2.08. The Morgan fingerprint density at radius 1 is 1.11 bits per heavy atom. The van der Waals surface area contributed by atoms with Gasteiger partial charge in [-0.15, -0.1) is 0 Å². The molecule has 0 fully saturated rings. The number of nitrogens with zero attached hydrogens (tertiary/aromatic N) is 1. The number of nitrogens with two attached hydrogens (primary N) is 1. The molecule has 0 bridgehead atoms. The van der Waals surface area contributed by atoms with Crippen molar-refractivity contribution in [1.29, 1.82) is 5.26 Å². The number of nitriles is 1. The third kappa shape index (κ3) is 2.66. The van der Waals surface area contributed by atoms with Gasteiger partial charge in [-0.25, -0.2) is 0 Å². The lowest BCUT2D eigenvalue weighted by molar-refractivity contribution is 0.482. The standard InChI is InChI=1S/C13H8Br2N2O/c14-9-4-5-11(10(15)6-9)18-12-3-1-2-8(7-16)13(12)17/h1-6H,17H2. The van der Waals surface area contributed by atoms with Crippen molar-refractivity contribution in [1.82, 2.24) is 0 Å². The molecular formula is C13H8Br2N2O. The van der Waals surface area contributed by atoms with E-state index in [0.29, 0.717) is 22.7 Å². The highest BCUT2D eigenvalue weighted by Crippen LogP contribution is 2.35. The molecule has 0 aliphatic heterocycles. The predicted molar refractivity (Wildman–Crippen MR) is 77.5 cm³/mol. The van der Waals surface area contributed by atoms with Crippen LogP contribution in [0.1, 0.15) is 5.56 Å². The Labute approximate surface area is 121 Å². The molecule has 0 unspecified atom stereocenters. The predicted octanol–water partition coefficient (Wildman–Crippen LogP) is 4.46. The van der Waals surface area contributed by atoms with Gasteiger partial charge in [0.2, 0.25) is 0 Å². The number of benzene rings is 2. The molecule has 3 nitrogen and oxygen atoms in total. The van der Waals surface area contributed by atoms with Crippen LogP contribution in [-0.2, 0) is 0 Å². The van der Waals surface area contributed by atoms with Crippen LogP contribution in [0.4, 0.5) is 5.69 Å². The maximum absolute atomic E-state index is 8.90. The van der Waals surface area contributed by atoms with Crippen molar-refractivity contribution in [2.75, 3.05) is 5.73 Å². The van der Waals surface area contributed by atoms with E-state index in [1.54, 1.807) is 18.2 Å². The lowest BCUT2D eigenvalue weighted by Gasteiger charge is -2.10. The third-order valence-corrected chi connectivity index (χ3v) is 3.41. The van der Waals surface area contributed by atoms with Gasteiger partial charge >= 0.3 is 0 Å². The summed E-state index contributed by atoms with van der Waals surface area (Å²) in [6.07, 6.45) is 0. The zero-order chi connectivity index (χ0) is 13.1. The first-order chi connectivity index (χ1) is 8.61. The van der Waals surface area contributed by atoms with E-state index in [0.717, 1.165) is 8.95 Å². The highest BCUT2D eigenvalue weighted by atomic mass is 79.9. The highest BCUT2D eigenvalue weighted by molar-refractivity contribution is 9.11. The maximum Gasteiger partial charge on any atom is 0.151 e. The number of anilines is 1. The summed E-state index contributed by atoms with van der Waals surface area (Å²) in [5, 5.41) is 8.90. The van der Waals surface area contributed by atoms with Crippen LogP contribution in [-0.4, -0.2) is 0 Å². The van der Waals surface area contributed by atoms with E-state index in [2.05, 4.69) is 31.9 Å². The van der Waals surface area contributed by atoms with Crippen LogP contribution in [0.2, 0.25) is 0 Å². The summed E-state index contributed by atoms with van der Waals surface area (Å²) in [5.74, 6) is 1.11. The number of ether oxygens (including phenoxy) is 1. The number of rotatable bonds is 2. The summed E-state index contributed by atoms with van der Waals surface area (Å²) in [7, 11) is 0. The van der Waals surface area contributed by atoms with E-state index >= 15 is 0 Å². The van der Waals surface area contributed by atoms with E-state index in [4.69, 9.17) is 15.7 Å². The Hall–Kier alpha value is -1.51. The molecule has 18 heavy (non-hydrogen) atoms. The molecule has 0 spiro atoms. The fourth-order valence-corrected chi connectivity index (χ4v) is 2.53. The fraction of sp³-hybridized carbons (Fsp3) is 0. The Kier molecular flexibility index (Phi) is 3.90. The average Bonchev–Trinajstić information content (AvgIpc) is 2.35. The van der Waals surface area contributed by atoms with Gasteiger partial charge in [0.05, 0.1) is 15.7 Å². The molecule has 0 atom stereocenters. The van der Waals surface area contributed by atoms with Crippen molar-refractivity contribution in [3.05, 3.63) is 50.9 Å². The lowest BCUT2D eigenvalue weighted by Crippen LogP contribution is -1.95. The Balaban J connectivity index is 2.38. The molecule has 2 aromatic carbocycles. The lowest BCUT2D eigenvalue weighted by atomic mass is 10.2. The first-order valence-electron chi connectivity index (χ1n) is 5.03. The largest absolute Gasteiger partial charge is 0.454 e. The summed E-state index contributed by atoms with van der Waals surface area (Å²) < 4.78 is 7.44. The molecular weight excluding hydrogens is 360 g/mol. The second-order valence-corrected chi connectivity index (χ2v) is 5.28. The van der Waals surface area contributed by atoms with Gasteiger partial charge in [-0.05, 0) is 46.3 Å². The molecule has 2 rings (SSSR count). The molecule has 0 heterocycles. The van der Waals surface area contributed by atoms with Gasteiger partial charge in [0.15, 0.2) is 5.75 Å². The Morgan fingerprint density at radius 3 is 2.56 bits per heavy atom. The van der Waals surface area contributed by atoms with Crippen molar-refractivity contribution in [3.63, 3.8) is 0 Å². The van der Waals surface area contributed by atoms with Gasteiger partial charge in [-0.3, -0.25) is 0 Å². The van der Waals surface area contributed by atoms with E-state index < -0.39 is 0 Å². The maximum atomic E-state index is 8.90. The van der Waals surface area contributed by atoms with Crippen LogP contribution < -0.4 is 10.5 Å². The second kappa shape index (κ2) is 5.42. The summed E-state index contributed by atoms with van der Waals surface area (Å²) in [6, 6.07) is 12.7. The first kappa shape index (κ1) is 12.9. The molecule has 0 saturated carbocycles. The molecule has 0 radical (unpaired) electrons. The van der Waals surface area contributed by atoms with Gasteiger partial charge in [-0.2, -0.15) is 5.26 Å². The third-order valence-electron chi connectivity index (χ3n) is 2.30. The SMILES string of the molecule is N#Cc1cccc(Oc2ccc(Br)cc2Br)c1N. The summed E-state index contributed by atoms with van der Waals surface area (Å²) in [5.41, 5.74) is 6.60. The fourth-order valence-electron chi connectivity index (χ4n) is 1.41. The van der Waals surface area contributed by atoms with Crippen molar-refractivity contribution in [3.8, 4) is 17.6 Å². The van der Waals surface area contributed by atoms with Crippen molar-refractivity contribution in [2.45, 2.75) is 0 Å². The minimum atomic E-state index is 0.342. The molecule has 5 heteroatoms. The number of nitrogen functional groups attached to an aromatic ring is 1. The molecule has 0 saturated heterocycles. The van der Waals surface area contributed by atoms with Gasteiger partial charge in [-0.1, -0.05) is 22.0 Å². The smallest absolute Gasteiger partial charge is 0.151 e. The molecule has 0 aliphatic rings. The normalized spacial score (nSPS) is 9.83. The summed E-state index contributed by atoms with van der Waals surface area (Å²) in [4.78, 5) is 0. The van der Waals surface area contributed by atoms with E-state index in [9.17, 15) is 0 Å². The molecule has 2 N–H and O–H groups in total. The van der Waals surface area contributed by atoms with E-state index in [1.807, 2.05) is 24.3 Å². The van der Waals surface area contributed by atoms with Crippen LogP contribution in [0.5, 0.6) is 11.5 Å². The monoisotopic (exact) mass is 366 g/mol. The second-order valence-electron chi connectivity index (χ2n) is 3.51. The minimum Gasteiger partial charge on any atom is -0.454 e. The molecule has 90 valence electrons. The molecule has 0 amide bonds.